The van der Waals surface area contributed by atoms with Crippen LogP contribution in [0.2, 0.25) is 5.02 Å². The normalized spacial score (nSPS) is 11.5. The van der Waals surface area contributed by atoms with Gasteiger partial charge in [0.2, 0.25) is 0 Å². The quantitative estimate of drug-likeness (QED) is 0.831. The minimum atomic E-state index is -4.23. The lowest BCUT2D eigenvalue weighted by molar-refractivity contribution is 0.548. The molecule has 2 aromatic rings. The van der Waals surface area contributed by atoms with Crippen molar-refractivity contribution in [2.24, 2.45) is 0 Å². The predicted octanol–water partition coefficient (Wildman–Crippen LogP) is 4.49. The van der Waals surface area contributed by atoms with Gasteiger partial charge in [-0.15, -0.1) is 0 Å². The zero-order chi connectivity index (χ0) is 15.8. The summed E-state index contributed by atoms with van der Waals surface area (Å²) in [6, 6.07) is 6.03. The molecular formula is C13H9BrClF2NO2S. The average molecular weight is 397 g/mol. The van der Waals surface area contributed by atoms with Crippen LogP contribution in [-0.4, -0.2) is 8.42 Å². The molecule has 0 aliphatic carbocycles. The monoisotopic (exact) mass is 395 g/mol. The molecule has 1 N–H and O–H groups in total. The molecule has 2 rings (SSSR count). The molecule has 0 amide bonds. The molecule has 0 heterocycles. The van der Waals surface area contributed by atoms with Gasteiger partial charge >= 0.3 is 0 Å². The summed E-state index contributed by atoms with van der Waals surface area (Å²) in [5.41, 5.74) is 0.722. The van der Waals surface area contributed by atoms with Gasteiger partial charge < -0.3 is 0 Å². The van der Waals surface area contributed by atoms with Crippen molar-refractivity contribution in [3.63, 3.8) is 0 Å². The second kappa shape index (κ2) is 5.90. The highest BCUT2D eigenvalue weighted by atomic mass is 79.9. The van der Waals surface area contributed by atoms with Crippen LogP contribution < -0.4 is 4.72 Å². The molecule has 0 fully saturated rings. The van der Waals surface area contributed by atoms with E-state index in [2.05, 4.69) is 20.7 Å². The van der Waals surface area contributed by atoms with E-state index in [1.807, 2.05) is 0 Å². The molecule has 0 aliphatic heterocycles. The lowest BCUT2D eigenvalue weighted by atomic mass is 10.2. The van der Waals surface area contributed by atoms with Gasteiger partial charge in [-0.2, -0.15) is 0 Å². The Morgan fingerprint density at radius 2 is 1.90 bits per heavy atom. The Kier molecular flexibility index (Phi) is 4.55. The van der Waals surface area contributed by atoms with E-state index in [4.69, 9.17) is 11.6 Å². The zero-order valence-corrected chi connectivity index (χ0v) is 13.8. The van der Waals surface area contributed by atoms with E-state index in [9.17, 15) is 17.2 Å². The summed E-state index contributed by atoms with van der Waals surface area (Å²) in [5.74, 6) is -2.06. The molecule has 8 heteroatoms. The predicted molar refractivity (Wildman–Crippen MR) is 81.1 cm³/mol. The third-order valence-corrected chi connectivity index (χ3v) is 5.48. The van der Waals surface area contributed by atoms with E-state index >= 15 is 0 Å². The van der Waals surface area contributed by atoms with Crippen LogP contribution in [-0.2, 0) is 10.0 Å². The van der Waals surface area contributed by atoms with Crippen molar-refractivity contribution < 1.29 is 17.2 Å². The first kappa shape index (κ1) is 16.2. The second-order valence-corrected chi connectivity index (χ2v) is 7.10. The number of hydrogen-bond acceptors (Lipinski definition) is 2. The SMILES string of the molecule is Cc1c(Cl)cccc1NS(=O)(=O)c1c(F)cc(F)cc1Br. The smallest absolute Gasteiger partial charge is 0.265 e. The maximum absolute atomic E-state index is 13.8. The molecule has 0 unspecified atom stereocenters. The maximum atomic E-state index is 13.8. The van der Waals surface area contributed by atoms with E-state index in [1.54, 1.807) is 19.1 Å². The summed E-state index contributed by atoms with van der Waals surface area (Å²) in [5, 5.41) is 0.369. The molecule has 0 saturated carbocycles. The van der Waals surface area contributed by atoms with Gasteiger partial charge in [-0.3, -0.25) is 4.72 Å². The lowest BCUT2D eigenvalue weighted by Crippen LogP contribution is -2.16. The highest BCUT2D eigenvalue weighted by molar-refractivity contribution is 9.10. The van der Waals surface area contributed by atoms with Gasteiger partial charge in [-0.25, -0.2) is 17.2 Å². The largest absolute Gasteiger partial charge is 0.279 e. The van der Waals surface area contributed by atoms with Gasteiger partial charge in [-0.1, -0.05) is 17.7 Å². The maximum Gasteiger partial charge on any atom is 0.265 e. The van der Waals surface area contributed by atoms with E-state index in [-0.39, 0.29) is 10.2 Å². The van der Waals surface area contributed by atoms with Crippen LogP contribution in [0.3, 0.4) is 0 Å². The van der Waals surface area contributed by atoms with E-state index in [1.165, 1.54) is 6.07 Å². The molecule has 0 atom stereocenters. The minimum absolute atomic E-state index is 0.202. The first-order valence-electron chi connectivity index (χ1n) is 5.65. The van der Waals surface area contributed by atoms with Gasteiger partial charge in [0, 0.05) is 15.6 Å². The fraction of sp³-hybridized carbons (Fsp3) is 0.0769. The summed E-state index contributed by atoms with van der Waals surface area (Å²) in [6.07, 6.45) is 0. The minimum Gasteiger partial charge on any atom is -0.279 e. The molecule has 0 aliphatic rings. The van der Waals surface area contributed by atoms with Crippen molar-refractivity contribution in [1.82, 2.24) is 0 Å². The molecule has 0 radical (unpaired) electrons. The van der Waals surface area contributed by atoms with Crippen LogP contribution >= 0.6 is 27.5 Å². The molecule has 0 aromatic heterocycles. The standard InChI is InChI=1S/C13H9BrClF2NO2S/c1-7-10(15)3-2-4-12(7)18-21(19,20)13-9(14)5-8(16)6-11(13)17/h2-6,18H,1H3. The number of sulfonamides is 1. The van der Waals surface area contributed by atoms with Crippen molar-refractivity contribution in [3.05, 3.63) is 57.0 Å². The number of rotatable bonds is 3. The highest BCUT2D eigenvalue weighted by Crippen LogP contribution is 2.30. The Balaban J connectivity index is 2.51. The Labute approximate surface area is 134 Å². The molecule has 3 nitrogen and oxygen atoms in total. The fourth-order valence-electron chi connectivity index (χ4n) is 1.70. The summed E-state index contributed by atoms with van der Waals surface area (Å²) in [6.45, 7) is 1.62. The highest BCUT2D eigenvalue weighted by Gasteiger charge is 2.24. The second-order valence-electron chi connectivity index (χ2n) is 4.22. The fourth-order valence-corrected chi connectivity index (χ4v) is 4.17. The van der Waals surface area contributed by atoms with Crippen LogP contribution in [0.5, 0.6) is 0 Å². The molecule has 2 aromatic carbocycles. The number of nitrogens with one attached hydrogen (secondary N) is 1. The average Bonchev–Trinajstić information content (AvgIpc) is 2.33. The van der Waals surface area contributed by atoms with Crippen molar-refractivity contribution in [2.45, 2.75) is 11.8 Å². The van der Waals surface area contributed by atoms with Crippen LogP contribution in [0.25, 0.3) is 0 Å². The van der Waals surface area contributed by atoms with E-state index in [0.29, 0.717) is 16.7 Å². The third-order valence-electron chi connectivity index (χ3n) is 2.74. The van der Waals surface area contributed by atoms with Crippen molar-refractivity contribution in [1.29, 1.82) is 0 Å². The van der Waals surface area contributed by atoms with Gasteiger partial charge in [0.1, 0.15) is 16.5 Å². The molecule has 21 heavy (non-hydrogen) atoms. The van der Waals surface area contributed by atoms with Crippen LogP contribution in [0.4, 0.5) is 14.5 Å². The number of hydrogen-bond donors (Lipinski definition) is 1. The Bertz CT molecular complexity index is 789. The molecule has 112 valence electrons. The lowest BCUT2D eigenvalue weighted by Gasteiger charge is -2.13. The summed E-state index contributed by atoms with van der Waals surface area (Å²) < 4.78 is 53.4. The Morgan fingerprint density at radius 3 is 2.52 bits per heavy atom. The summed E-state index contributed by atoms with van der Waals surface area (Å²) >= 11 is 8.76. The number of halogens is 4. The first-order valence-corrected chi connectivity index (χ1v) is 8.30. The van der Waals surface area contributed by atoms with Crippen LogP contribution in [0.15, 0.2) is 39.7 Å². The van der Waals surface area contributed by atoms with Crippen LogP contribution in [0.1, 0.15) is 5.56 Å². The molecular weight excluding hydrogens is 388 g/mol. The van der Waals surface area contributed by atoms with Gasteiger partial charge in [0.25, 0.3) is 10.0 Å². The van der Waals surface area contributed by atoms with Gasteiger partial charge in [0.15, 0.2) is 0 Å². The number of anilines is 1. The van der Waals surface area contributed by atoms with Gasteiger partial charge in [-0.05, 0) is 46.6 Å². The van der Waals surface area contributed by atoms with Crippen LogP contribution in [0, 0.1) is 18.6 Å². The topological polar surface area (TPSA) is 46.2 Å². The molecule has 0 spiro atoms. The molecule has 0 saturated heterocycles. The van der Waals surface area contributed by atoms with E-state index in [0.717, 1.165) is 6.07 Å². The van der Waals surface area contributed by atoms with Crippen molar-refractivity contribution in [3.8, 4) is 0 Å². The summed E-state index contributed by atoms with van der Waals surface area (Å²) in [7, 11) is -4.23. The van der Waals surface area contributed by atoms with Crippen molar-refractivity contribution in [2.75, 3.05) is 4.72 Å². The Hall–Kier alpha value is -1.18. The van der Waals surface area contributed by atoms with Gasteiger partial charge in [0.05, 0.1) is 5.69 Å². The zero-order valence-electron chi connectivity index (χ0n) is 10.6. The number of benzene rings is 2. The summed E-state index contributed by atoms with van der Waals surface area (Å²) in [4.78, 5) is -0.664. The van der Waals surface area contributed by atoms with E-state index < -0.39 is 26.6 Å². The molecule has 0 bridgehead atoms. The Morgan fingerprint density at radius 1 is 1.24 bits per heavy atom. The first-order chi connectivity index (χ1) is 9.72. The third kappa shape index (κ3) is 3.36. The van der Waals surface area contributed by atoms with Crippen molar-refractivity contribution >= 4 is 43.2 Å².